The van der Waals surface area contributed by atoms with Crippen LogP contribution in [0.2, 0.25) is 0 Å². The number of amides is 1. The molecule has 122 valence electrons. The molecule has 4 nitrogen and oxygen atoms in total. The molecule has 5 heteroatoms. The van der Waals surface area contributed by atoms with E-state index in [2.05, 4.69) is 18.3 Å². The first-order chi connectivity index (χ1) is 11.0. The number of benzene rings is 1. The molecule has 0 unspecified atom stereocenters. The summed E-state index contributed by atoms with van der Waals surface area (Å²) in [6.07, 6.45) is 3.09. The van der Waals surface area contributed by atoms with Crippen LogP contribution in [-0.2, 0) is 17.6 Å². The summed E-state index contributed by atoms with van der Waals surface area (Å²) in [6.45, 7) is 3.63. The van der Waals surface area contributed by atoms with E-state index in [0.29, 0.717) is 0 Å². The van der Waals surface area contributed by atoms with Gasteiger partial charge in [0.15, 0.2) is 0 Å². The van der Waals surface area contributed by atoms with Gasteiger partial charge in [-0.15, -0.1) is 11.3 Å². The summed E-state index contributed by atoms with van der Waals surface area (Å²) < 4.78 is 11.0. The summed E-state index contributed by atoms with van der Waals surface area (Å²) in [4.78, 5) is 12.7. The third-order valence-electron chi connectivity index (χ3n) is 4.27. The smallest absolute Gasteiger partial charge is 0.221 e. The summed E-state index contributed by atoms with van der Waals surface area (Å²) in [6, 6.07) is 4.03. The Kier molecular flexibility index (Phi) is 4.31. The van der Waals surface area contributed by atoms with Gasteiger partial charge in [0, 0.05) is 23.4 Å². The van der Waals surface area contributed by atoms with E-state index in [1.54, 1.807) is 32.5 Å². The molecule has 0 bridgehead atoms. The molecule has 1 aliphatic rings. The van der Waals surface area contributed by atoms with Crippen molar-refractivity contribution in [1.82, 2.24) is 0 Å². The fourth-order valence-electron chi connectivity index (χ4n) is 3.16. The van der Waals surface area contributed by atoms with Gasteiger partial charge in [-0.05, 0) is 48.9 Å². The first-order valence-electron chi connectivity index (χ1n) is 7.70. The molecule has 2 aromatic rings. The number of nitrogens with one attached hydrogen (secondary N) is 1. The number of carbonyl (C=O) groups is 1. The third-order valence-corrected chi connectivity index (χ3v) is 5.54. The minimum atomic E-state index is -0.0357. The Labute approximate surface area is 140 Å². The van der Waals surface area contributed by atoms with Crippen LogP contribution in [0.5, 0.6) is 11.5 Å². The standard InChI is InChI=1S/C18H21NO3S/c1-10-14-7-5-6-12-8-13(21-3)9-15(22-4)16(12)17(14)23-18(10)19-11(2)20/h8-9H,5-7H2,1-4H3,(H,19,20). The van der Waals surface area contributed by atoms with Crippen LogP contribution in [0.4, 0.5) is 5.00 Å². The van der Waals surface area contributed by atoms with Gasteiger partial charge in [-0.1, -0.05) is 0 Å². The second-order valence-electron chi connectivity index (χ2n) is 5.76. The Morgan fingerprint density at radius 2 is 2.00 bits per heavy atom. The average Bonchev–Trinajstić information content (AvgIpc) is 2.71. The molecule has 0 spiro atoms. The van der Waals surface area contributed by atoms with Crippen molar-refractivity contribution >= 4 is 22.2 Å². The lowest BCUT2D eigenvalue weighted by Gasteiger charge is -2.14. The largest absolute Gasteiger partial charge is 0.497 e. The molecule has 0 aliphatic heterocycles. The molecule has 23 heavy (non-hydrogen) atoms. The van der Waals surface area contributed by atoms with E-state index < -0.39 is 0 Å². The first-order valence-corrected chi connectivity index (χ1v) is 8.52. The van der Waals surface area contributed by atoms with Crippen LogP contribution in [0.1, 0.15) is 30.0 Å². The van der Waals surface area contributed by atoms with Crippen LogP contribution in [0, 0.1) is 6.92 Å². The molecular weight excluding hydrogens is 310 g/mol. The van der Waals surface area contributed by atoms with Crippen molar-refractivity contribution < 1.29 is 14.3 Å². The van der Waals surface area contributed by atoms with Crippen molar-refractivity contribution in [2.75, 3.05) is 19.5 Å². The van der Waals surface area contributed by atoms with Gasteiger partial charge in [0.05, 0.1) is 19.2 Å². The molecule has 0 fully saturated rings. The maximum absolute atomic E-state index is 11.5. The number of thiophene rings is 1. The predicted octanol–water partition coefficient (Wildman–Crippen LogP) is 4.19. The molecule has 1 aliphatic carbocycles. The second kappa shape index (κ2) is 6.24. The van der Waals surface area contributed by atoms with E-state index in [9.17, 15) is 4.79 Å². The zero-order valence-electron chi connectivity index (χ0n) is 13.9. The van der Waals surface area contributed by atoms with Crippen molar-refractivity contribution in [3.05, 3.63) is 28.8 Å². The topological polar surface area (TPSA) is 47.6 Å². The van der Waals surface area contributed by atoms with Crippen LogP contribution in [0.3, 0.4) is 0 Å². The fourth-order valence-corrected chi connectivity index (χ4v) is 4.55. The molecule has 1 amide bonds. The van der Waals surface area contributed by atoms with Crippen LogP contribution >= 0.6 is 11.3 Å². The maximum Gasteiger partial charge on any atom is 0.221 e. The minimum absolute atomic E-state index is 0.0357. The van der Waals surface area contributed by atoms with Crippen molar-refractivity contribution in [2.45, 2.75) is 33.1 Å². The molecule has 3 rings (SSSR count). The van der Waals surface area contributed by atoms with Crippen molar-refractivity contribution in [3.63, 3.8) is 0 Å². The number of rotatable bonds is 3. The van der Waals surface area contributed by atoms with E-state index in [-0.39, 0.29) is 5.91 Å². The fraction of sp³-hybridized carbons (Fsp3) is 0.389. The van der Waals surface area contributed by atoms with Crippen LogP contribution in [-0.4, -0.2) is 20.1 Å². The van der Waals surface area contributed by atoms with Gasteiger partial charge >= 0.3 is 0 Å². The van der Waals surface area contributed by atoms with Crippen LogP contribution in [0.25, 0.3) is 10.4 Å². The van der Waals surface area contributed by atoms with E-state index in [4.69, 9.17) is 9.47 Å². The van der Waals surface area contributed by atoms with Gasteiger partial charge in [0.2, 0.25) is 5.91 Å². The number of methoxy groups -OCH3 is 2. The molecule has 0 atom stereocenters. The van der Waals surface area contributed by atoms with Crippen molar-refractivity contribution in [1.29, 1.82) is 0 Å². The lowest BCUT2D eigenvalue weighted by molar-refractivity contribution is -0.114. The summed E-state index contributed by atoms with van der Waals surface area (Å²) in [5.41, 5.74) is 4.88. The molecular formula is C18H21NO3S. The van der Waals surface area contributed by atoms with Crippen LogP contribution < -0.4 is 14.8 Å². The Morgan fingerprint density at radius 1 is 1.22 bits per heavy atom. The van der Waals surface area contributed by atoms with E-state index in [0.717, 1.165) is 41.3 Å². The van der Waals surface area contributed by atoms with Gasteiger partial charge in [-0.25, -0.2) is 0 Å². The van der Waals surface area contributed by atoms with Gasteiger partial charge in [0.25, 0.3) is 0 Å². The summed E-state index contributed by atoms with van der Waals surface area (Å²) in [5.74, 6) is 1.61. The zero-order chi connectivity index (χ0) is 16.6. The zero-order valence-corrected chi connectivity index (χ0v) is 14.7. The predicted molar refractivity (Wildman–Crippen MR) is 93.9 cm³/mol. The molecule has 1 N–H and O–H groups in total. The Bertz CT molecular complexity index is 764. The number of ether oxygens (including phenoxy) is 2. The number of aryl methyl sites for hydroxylation is 1. The minimum Gasteiger partial charge on any atom is -0.497 e. The van der Waals surface area contributed by atoms with E-state index >= 15 is 0 Å². The van der Waals surface area contributed by atoms with Gasteiger partial charge in [-0.2, -0.15) is 0 Å². The van der Waals surface area contributed by atoms with Crippen LogP contribution in [0.15, 0.2) is 12.1 Å². The Hall–Kier alpha value is -2.01. The Balaban J connectivity index is 2.22. The monoisotopic (exact) mass is 331 g/mol. The van der Waals surface area contributed by atoms with Crippen molar-refractivity contribution in [2.24, 2.45) is 0 Å². The number of hydrogen-bond acceptors (Lipinski definition) is 4. The number of carbonyl (C=O) groups excluding carboxylic acids is 1. The van der Waals surface area contributed by atoms with Crippen molar-refractivity contribution in [3.8, 4) is 21.9 Å². The average molecular weight is 331 g/mol. The highest BCUT2D eigenvalue weighted by Gasteiger charge is 2.25. The first kappa shape index (κ1) is 15.9. The van der Waals surface area contributed by atoms with Gasteiger partial charge in [0.1, 0.15) is 11.5 Å². The highest BCUT2D eigenvalue weighted by molar-refractivity contribution is 7.20. The summed E-state index contributed by atoms with van der Waals surface area (Å²) >= 11 is 1.64. The second-order valence-corrected chi connectivity index (χ2v) is 6.78. The van der Waals surface area contributed by atoms with Gasteiger partial charge in [-0.3, -0.25) is 4.79 Å². The molecule has 0 saturated carbocycles. The number of anilines is 1. The SMILES string of the molecule is COc1cc2c(c(OC)c1)-c1sc(NC(C)=O)c(C)c1CCC2. The molecule has 0 saturated heterocycles. The maximum atomic E-state index is 11.5. The number of fused-ring (bicyclic) bond motifs is 3. The van der Waals surface area contributed by atoms with E-state index in [1.165, 1.54) is 21.6 Å². The summed E-state index contributed by atoms with van der Waals surface area (Å²) in [5, 5.41) is 3.89. The van der Waals surface area contributed by atoms with E-state index in [1.807, 2.05) is 6.07 Å². The highest BCUT2D eigenvalue weighted by atomic mass is 32.1. The Morgan fingerprint density at radius 3 is 2.65 bits per heavy atom. The molecule has 1 aromatic heterocycles. The highest BCUT2D eigenvalue weighted by Crippen LogP contribution is 2.48. The summed E-state index contributed by atoms with van der Waals surface area (Å²) in [7, 11) is 3.36. The number of hydrogen-bond donors (Lipinski definition) is 1. The quantitative estimate of drug-likeness (QED) is 0.917. The third kappa shape index (κ3) is 2.81. The lowest BCUT2D eigenvalue weighted by Crippen LogP contribution is -2.05. The normalized spacial score (nSPS) is 12.9. The van der Waals surface area contributed by atoms with Gasteiger partial charge < -0.3 is 14.8 Å². The molecule has 1 heterocycles. The molecule has 0 radical (unpaired) electrons. The lowest BCUT2D eigenvalue weighted by atomic mass is 10.0. The molecule has 1 aromatic carbocycles.